The maximum Gasteiger partial charge on any atom is 0.417 e. The fourth-order valence-corrected chi connectivity index (χ4v) is 0.938. The lowest BCUT2D eigenvalue weighted by Crippen LogP contribution is -1.86. The Balaban J connectivity index is 2.66. The highest BCUT2D eigenvalue weighted by Gasteiger charge is 1.96. The molecule has 0 aliphatic carbocycles. The molecule has 1 aromatic carbocycles. The SMILES string of the molecule is O=[C]OCC=Cc1cc(F)cc(F)c1. The number of halogens is 2. The van der Waals surface area contributed by atoms with Crippen molar-refractivity contribution in [2.45, 2.75) is 0 Å². The molecule has 0 N–H and O–H groups in total. The molecule has 0 aliphatic heterocycles. The highest BCUT2D eigenvalue weighted by atomic mass is 19.1. The summed E-state index contributed by atoms with van der Waals surface area (Å²) in [4.78, 5) is 9.62. The van der Waals surface area contributed by atoms with Gasteiger partial charge in [-0.3, -0.25) is 0 Å². The molecule has 1 rings (SSSR count). The van der Waals surface area contributed by atoms with Crippen molar-refractivity contribution < 1.29 is 18.3 Å². The second kappa shape index (κ2) is 5.11. The van der Waals surface area contributed by atoms with Crippen molar-refractivity contribution in [2.24, 2.45) is 0 Å². The number of rotatable bonds is 4. The van der Waals surface area contributed by atoms with Gasteiger partial charge in [-0.25, -0.2) is 13.6 Å². The van der Waals surface area contributed by atoms with E-state index in [1.165, 1.54) is 30.8 Å². The summed E-state index contributed by atoms with van der Waals surface area (Å²) in [5, 5.41) is 0. The molecule has 0 fully saturated rings. The topological polar surface area (TPSA) is 26.3 Å². The van der Waals surface area contributed by atoms with Gasteiger partial charge in [-0.2, -0.15) is 0 Å². The second-order valence-electron chi connectivity index (χ2n) is 2.50. The van der Waals surface area contributed by atoms with Crippen LogP contribution in [0.15, 0.2) is 24.3 Å². The fraction of sp³-hybridized carbons (Fsp3) is 0.100. The van der Waals surface area contributed by atoms with Crippen molar-refractivity contribution in [1.82, 2.24) is 0 Å². The molecule has 14 heavy (non-hydrogen) atoms. The molecule has 0 spiro atoms. The molecule has 0 heterocycles. The Kier molecular flexibility index (Phi) is 3.79. The second-order valence-corrected chi connectivity index (χ2v) is 2.50. The summed E-state index contributed by atoms with van der Waals surface area (Å²) in [6, 6.07) is 3.13. The van der Waals surface area contributed by atoms with E-state index >= 15 is 0 Å². The molecule has 0 unspecified atom stereocenters. The van der Waals surface area contributed by atoms with Gasteiger partial charge < -0.3 is 4.74 Å². The third kappa shape index (κ3) is 3.35. The minimum atomic E-state index is -0.646. The molecule has 73 valence electrons. The van der Waals surface area contributed by atoms with Gasteiger partial charge in [-0.15, -0.1) is 0 Å². The van der Waals surface area contributed by atoms with Gasteiger partial charge >= 0.3 is 6.47 Å². The molecule has 1 aromatic rings. The zero-order chi connectivity index (χ0) is 10.4. The van der Waals surface area contributed by atoms with Crippen LogP contribution in [-0.2, 0) is 9.53 Å². The average molecular weight is 197 g/mol. The smallest absolute Gasteiger partial charge is 0.417 e. The van der Waals surface area contributed by atoms with Crippen molar-refractivity contribution in [1.29, 1.82) is 0 Å². The van der Waals surface area contributed by atoms with Crippen molar-refractivity contribution in [3.05, 3.63) is 41.5 Å². The van der Waals surface area contributed by atoms with Crippen LogP contribution in [0.5, 0.6) is 0 Å². The molecule has 0 saturated heterocycles. The first kappa shape index (κ1) is 10.4. The number of hydrogen-bond acceptors (Lipinski definition) is 2. The number of hydrogen-bond donors (Lipinski definition) is 0. The minimum Gasteiger partial charge on any atom is -0.453 e. The Labute approximate surface area is 79.8 Å². The lowest BCUT2D eigenvalue weighted by molar-refractivity contribution is 0.314. The lowest BCUT2D eigenvalue weighted by Gasteiger charge is -1.95. The third-order valence-electron chi connectivity index (χ3n) is 1.43. The van der Waals surface area contributed by atoms with Crippen LogP contribution in [0.2, 0.25) is 0 Å². The monoisotopic (exact) mass is 197 g/mol. The largest absolute Gasteiger partial charge is 0.453 e. The summed E-state index contributed by atoms with van der Waals surface area (Å²) in [5.41, 5.74) is 0.372. The summed E-state index contributed by atoms with van der Waals surface area (Å²) >= 11 is 0. The van der Waals surface area contributed by atoms with E-state index in [-0.39, 0.29) is 6.61 Å². The summed E-state index contributed by atoms with van der Waals surface area (Å²) in [6.45, 7) is 1.26. The molecular weight excluding hydrogens is 190 g/mol. The van der Waals surface area contributed by atoms with E-state index in [1.807, 2.05) is 0 Å². The van der Waals surface area contributed by atoms with Crippen molar-refractivity contribution in [3.8, 4) is 0 Å². The standard InChI is InChI=1S/C10H7F2O2/c11-9-4-8(5-10(12)6-9)2-1-3-14-7-13/h1-2,4-6H,3H2. The van der Waals surface area contributed by atoms with Gasteiger partial charge in [0.15, 0.2) is 0 Å². The molecule has 4 heteroatoms. The van der Waals surface area contributed by atoms with E-state index in [9.17, 15) is 13.6 Å². The van der Waals surface area contributed by atoms with Crippen LogP contribution in [0.4, 0.5) is 8.78 Å². The highest BCUT2D eigenvalue weighted by Crippen LogP contribution is 2.09. The molecule has 0 atom stereocenters. The summed E-state index contributed by atoms with van der Waals surface area (Å²) in [6.07, 6.45) is 2.91. The van der Waals surface area contributed by atoms with E-state index in [2.05, 4.69) is 4.74 Å². The molecule has 0 amide bonds. The van der Waals surface area contributed by atoms with Crippen molar-refractivity contribution in [3.63, 3.8) is 0 Å². The minimum absolute atomic E-state index is 0.0294. The number of ether oxygens (including phenoxy) is 1. The lowest BCUT2D eigenvalue weighted by atomic mass is 10.2. The Morgan fingerprint density at radius 1 is 1.29 bits per heavy atom. The van der Waals surface area contributed by atoms with Gasteiger partial charge in [-0.1, -0.05) is 6.08 Å². The van der Waals surface area contributed by atoms with Crippen LogP contribution in [0, 0.1) is 11.6 Å². The van der Waals surface area contributed by atoms with Crippen molar-refractivity contribution >= 4 is 12.5 Å². The first-order chi connectivity index (χ1) is 6.72. The van der Waals surface area contributed by atoms with Gasteiger partial charge in [-0.05, 0) is 23.8 Å². The van der Waals surface area contributed by atoms with Gasteiger partial charge in [0.2, 0.25) is 0 Å². The van der Waals surface area contributed by atoms with Crippen LogP contribution in [0.1, 0.15) is 5.56 Å². The molecule has 0 aliphatic rings. The van der Waals surface area contributed by atoms with E-state index in [0.29, 0.717) is 5.56 Å². The first-order valence-corrected chi connectivity index (χ1v) is 3.84. The van der Waals surface area contributed by atoms with Gasteiger partial charge in [0.05, 0.1) is 0 Å². The number of benzene rings is 1. The maximum absolute atomic E-state index is 12.6. The quantitative estimate of drug-likeness (QED) is 0.690. The predicted molar refractivity (Wildman–Crippen MR) is 47.0 cm³/mol. The van der Waals surface area contributed by atoms with Crippen LogP contribution in [0.3, 0.4) is 0 Å². The summed E-state index contributed by atoms with van der Waals surface area (Å²) in [7, 11) is 0. The normalized spacial score (nSPS) is 10.4. The van der Waals surface area contributed by atoms with E-state index in [0.717, 1.165) is 6.07 Å². The van der Waals surface area contributed by atoms with Crippen molar-refractivity contribution in [2.75, 3.05) is 6.61 Å². The third-order valence-corrected chi connectivity index (χ3v) is 1.43. The van der Waals surface area contributed by atoms with E-state index in [1.54, 1.807) is 0 Å². The first-order valence-electron chi connectivity index (χ1n) is 3.84. The maximum atomic E-state index is 12.6. The Morgan fingerprint density at radius 3 is 2.50 bits per heavy atom. The zero-order valence-corrected chi connectivity index (χ0v) is 7.17. The molecule has 0 saturated carbocycles. The zero-order valence-electron chi connectivity index (χ0n) is 7.17. The van der Waals surface area contributed by atoms with Gasteiger partial charge in [0, 0.05) is 6.07 Å². The number of carbonyl (C=O) groups excluding carboxylic acids is 1. The van der Waals surface area contributed by atoms with Crippen LogP contribution in [-0.4, -0.2) is 13.1 Å². The Hall–Kier alpha value is -1.71. The average Bonchev–Trinajstić information content (AvgIpc) is 2.11. The van der Waals surface area contributed by atoms with Crippen LogP contribution in [0.25, 0.3) is 6.08 Å². The molecule has 0 aromatic heterocycles. The van der Waals surface area contributed by atoms with Crippen LogP contribution < -0.4 is 0 Å². The Morgan fingerprint density at radius 2 is 1.93 bits per heavy atom. The fourth-order valence-electron chi connectivity index (χ4n) is 0.938. The predicted octanol–water partition coefficient (Wildman–Crippen LogP) is 2.06. The van der Waals surface area contributed by atoms with E-state index in [4.69, 9.17) is 0 Å². The molecule has 0 bridgehead atoms. The van der Waals surface area contributed by atoms with Gasteiger partial charge in [0.1, 0.15) is 18.2 Å². The summed E-state index contributed by atoms with van der Waals surface area (Å²) in [5.74, 6) is -1.29. The molecule has 2 nitrogen and oxygen atoms in total. The van der Waals surface area contributed by atoms with E-state index < -0.39 is 11.6 Å². The molecule has 1 radical (unpaired) electrons. The highest BCUT2D eigenvalue weighted by molar-refractivity contribution is 5.49. The summed E-state index contributed by atoms with van der Waals surface area (Å²) < 4.78 is 29.5. The van der Waals surface area contributed by atoms with Crippen LogP contribution >= 0.6 is 0 Å². The van der Waals surface area contributed by atoms with Gasteiger partial charge in [0.25, 0.3) is 0 Å². The Bertz CT molecular complexity index is 328. The molecular formula is C10H7F2O2.